The van der Waals surface area contributed by atoms with Gasteiger partial charge in [-0.3, -0.25) is 9.36 Å². The van der Waals surface area contributed by atoms with E-state index in [1.54, 1.807) is 15.9 Å². The Bertz CT molecular complexity index is 1030. The van der Waals surface area contributed by atoms with Crippen LogP contribution in [0.15, 0.2) is 22.3 Å². The molecule has 0 aromatic carbocycles. The number of carbonyl (C=O) groups excluding carboxylic acids is 1. The van der Waals surface area contributed by atoms with Crippen molar-refractivity contribution in [1.29, 1.82) is 0 Å². The Hall–Kier alpha value is -1.98. The molecule has 1 amide bonds. The fourth-order valence-corrected chi connectivity index (χ4v) is 5.26. The van der Waals surface area contributed by atoms with E-state index in [0.717, 1.165) is 17.7 Å². The smallest absolute Gasteiger partial charge is 0.346 e. The van der Waals surface area contributed by atoms with Crippen molar-refractivity contribution < 1.29 is 13.2 Å². The van der Waals surface area contributed by atoms with Crippen molar-refractivity contribution >= 4 is 27.3 Å². The van der Waals surface area contributed by atoms with Crippen LogP contribution in [0.5, 0.6) is 0 Å². The fourth-order valence-electron chi connectivity index (χ4n) is 3.68. The predicted octanol–water partition coefficient (Wildman–Crippen LogP) is 0.896. The molecular weight excluding hydrogens is 414 g/mol. The minimum atomic E-state index is -3.20. The van der Waals surface area contributed by atoms with Crippen LogP contribution in [0.1, 0.15) is 31.7 Å². The second-order valence-electron chi connectivity index (χ2n) is 7.64. The number of nitrogens with zero attached hydrogens (tertiary/aromatic N) is 4. The quantitative estimate of drug-likeness (QED) is 0.690. The van der Waals surface area contributed by atoms with Crippen LogP contribution in [0, 0.1) is 5.92 Å². The van der Waals surface area contributed by atoms with Crippen LogP contribution in [-0.4, -0.2) is 58.9 Å². The molecule has 2 fully saturated rings. The van der Waals surface area contributed by atoms with Crippen LogP contribution in [0.2, 0.25) is 0 Å². The van der Waals surface area contributed by atoms with Crippen LogP contribution in [0.4, 0.5) is 0 Å². The molecule has 11 heteroatoms. The number of piperidine rings is 1. The van der Waals surface area contributed by atoms with E-state index in [1.807, 2.05) is 17.5 Å². The third kappa shape index (κ3) is 4.46. The minimum absolute atomic E-state index is 0.0914. The highest BCUT2D eigenvalue weighted by Crippen LogP contribution is 2.37. The first-order chi connectivity index (χ1) is 13.8. The molecule has 1 aliphatic heterocycles. The molecule has 1 aliphatic carbocycles. The summed E-state index contributed by atoms with van der Waals surface area (Å²) in [7, 11) is -3.20. The Balaban J connectivity index is 1.35. The molecule has 2 aromatic rings. The summed E-state index contributed by atoms with van der Waals surface area (Å²) in [6.45, 7) is 1.36. The van der Waals surface area contributed by atoms with Gasteiger partial charge in [-0.1, -0.05) is 6.07 Å². The molecule has 29 heavy (non-hydrogen) atoms. The minimum Gasteiger partial charge on any atom is -0.354 e. The average Bonchev–Trinajstić information content (AvgIpc) is 3.26. The maximum absolute atomic E-state index is 12.8. The van der Waals surface area contributed by atoms with Gasteiger partial charge in [0.15, 0.2) is 5.82 Å². The molecule has 2 aromatic heterocycles. The number of sulfonamides is 1. The Morgan fingerprint density at radius 2 is 2.00 bits per heavy atom. The standard InChI is InChI=1S/C18H25N5O4S2/c1-29(26,27)21-9-6-13(7-10-21)17(24)19-8-11-22-18(25)23(14-4-5-14)16(20-22)15-3-2-12-28-15/h2-3,12-14H,4-11H2,1H3,(H,19,24). The fraction of sp³-hybridized carbons (Fsp3) is 0.611. The summed E-state index contributed by atoms with van der Waals surface area (Å²) in [5.41, 5.74) is -0.133. The molecule has 4 rings (SSSR count). The second kappa shape index (κ2) is 8.04. The van der Waals surface area contributed by atoms with E-state index >= 15 is 0 Å². The summed E-state index contributed by atoms with van der Waals surface area (Å²) in [4.78, 5) is 26.2. The highest BCUT2D eigenvalue weighted by molar-refractivity contribution is 7.88. The van der Waals surface area contributed by atoms with Crippen LogP contribution in [0.25, 0.3) is 10.7 Å². The zero-order valence-electron chi connectivity index (χ0n) is 16.3. The Morgan fingerprint density at radius 1 is 1.28 bits per heavy atom. The summed E-state index contributed by atoms with van der Waals surface area (Å²) in [6, 6.07) is 4.12. The lowest BCUT2D eigenvalue weighted by atomic mass is 9.97. The molecule has 158 valence electrons. The monoisotopic (exact) mass is 439 g/mol. The lowest BCUT2D eigenvalue weighted by Gasteiger charge is -2.29. The van der Waals surface area contributed by atoms with Crippen molar-refractivity contribution in [2.24, 2.45) is 5.92 Å². The van der Waals surface area contributed by atoms with Gasteiger partial charge in [-0.2, -0.15) is 0 Å². The van der Waals surface area contributed by atoms with E-state index in [9.17, 15) is 18.0 Å². The van der Waals surface area contributed by atoms with E-state index in [-0.39, 0.29) is 23.6 Å². The average molecular weight is 440 g/mol. The van der Waals surface area contributed by atoms with Gasteiger partial charge in [0.05, 0.1) is 17.7 Å². The maximum Gasteiger partial charge on any atom is 0.346 e. The number of amides is 1. The molecule has 1 saturated heterocycles. The predicted molar refractivity (Wildman–Crippen MR) is 110 cm³/mol. The molecule has 3 heterocycles. The van der Waals surface area contributed by atoms with Gasteiger partial charge in [-0.25, -0.2) is 22.2 Å². The van der Waals surface area contributed by atoms with Gasteiger partial charge in [0.2, 0.25) is 15.9 Å². The van der Waals surface area contributed by atoms with Crippen LogP contribution in [0.3, 0.4) is 0 Å². The summed E-state index contributed by atoms with van der Waals surface area (Å²) >= 11 is 1.55. The molecule has 1 saturated carbocycles. The molecule has 9 nitrogen and oxygen atoms in total. The van der Waals surface area contributed by atoms with Crippen molar-refractivity contribution in [3.05, 3.63) is 28.0 Å². The van der Waals surface area contributed by atoms with Gasteiger partial charge in [0, 0.05) is 31.6 Å². The number of aromatic nitrogens is 3. The van der Waals surface area contributed by atoms with E-state index in [1.165, 1.54) is 15.2 Å². The number of carbonyl (C=O) groups is 1. The van der Waals surface area contributed by atoms with Crippen molar-refractivity contribution in [3.8, 4) is 10.7 Å². The number of thiophene rings is 1. The molecule has 2 aliphatic rings. The summed E-state index contributed by atoms with van der Waals surface area (Å²) in [6.07, 6.45) is 4.20. The molecule has 0 spiro atoms. The van der Waals surface area contributed by atoms with E-state index < -0.39 is 10.0 Å². The normalized spacial score (nSPS) is 18.8. The third-order valence-corrected chi connectivity index (χ3v) is 7.61. The topological polar surface area (TPSA) is 106 Å². The van der Waals surface area contributed by atoms with Crippen LogP contribution < -0.4 is 11.0 Å². The number of nitrogens with one attached hydrogen (secondary N) is 1. The number of hydrogen-bond acceptors (Lipinski definition) is 6. The van der Waals surface area contributed by atoms with Gasteiger partial charge in [-0.15, -0.1) is 16.4 Å². The van der Waals surface area contributed by atoms with E-state index in [0.29, 0.717) is 44.8 Å². The molecule has 0 radical (unpaired) electrons. The van der Waals surface area contributed by atoms with Crippen LogP contribution >= 0.6 is 11.3 Å². The van der Waals surface area contributed by atoms with Crippen molar-refractivity contribution in [2.75, 3.05) is 25.9 Å². The van der Waals surface area contributed by atoms with E-state index in [4.69, 9.17) is 0 Å². The molecule has 0 atom stereocenters. The summed E-state index contributed by atoms with van der Waals surface area (Å²) in [5.74, 6) is 0.411. The van der Waals surface area contributed by atoms with Gasteiger partial charge in [0.1, 0.15) is 0 Å². The first kappa shape index (κ1) is 20.3. The Labute approximate surface area is 173 Å². The van der Waals surface area contributed by atoms with Gasteiger partial charge >= 0.3 is 5.69 Å². The second-order valence-corrected chi connectivity index (χ2v) is 10.6. The zero-order chi connectivity index (χ0) is 20.6. The third-order valence-electron chi connectivity index (χ3n) is 5.44. The summed E-state index contributed by atoms with van der Waals surface area (Å²) in [5, 5.41) is 9.35. The maximum atomic E-state index is 12.8. The van der Waals surface area contributed by atoms with E-state index in [2.05, 4.69) is 10.4 Å². The molecular formula is C18H25N5O4S2. The lowest BCUT2D eigenvalue weighted by Crippen LogP contribution is -2.43. The number of rotatable bonds is 7. The Morgan fingerprint density at radius 3 is 2.59 bits per heavy atom. The first-order valence-electron chi connectivity index (χ1n) is 9.80. The number of hydrogen-bond donors (Lipinski definition) is 1. The first-order valence-corrected chi connectivity index (χ1v) is 12.5. The van der Waals surface area contributed by atoms with Crippen molar-refractivity contribution in [3.63, 3.8) is 0 Å². The molecule has 1 N–H and O–H groups in total. The summed E-state index contributed by atoms with van der Waals surface area (Å²) < 4.78 is 27.8. The van der Waals surface area contributed by atoms with Crippen LogP contribution in [-0.2, 0) is 21.4 Å². The van der Waals surface area contributed by atoms with Gasteiger partial charge in [-0.05, 0) is 37.1 Å². The molecule has 0 unspecified atom stereocenters. The molecule has 0 bridgehead atoms. The lowest BCUT2D eigenvalue weighted by molar-refractivity contribution is -0.126. The largest absolute Gasteiger partial charge is 0.354 e. The van der Waals surface area contributed by atoms with Gasteiger partial charge in [0.25, 0.3) is 0 Å². The highest BCUT2D eigenvalue weighted by atomic mass is 32.2. The SMILES string of the molecule is CS(=O)(=O)N1CCC(C(=O)NCCn2nc(-c3cccs3)n(C3CC3)c2=O)CC1. The highest BCUT2D eigenvalue weighted by Gasteiger charge is 2.31. The van der Waals surface area contributed by atoms with Crippen molar-refractivity contribution in [1.82, 2.24) is 24.0 Å². The van der Waals surface area contributed by atoms with Gasteiger partial charge < -0.3 is 5.32 Å². The zero-order valence-corrected chi connectivity index (χ0v) is 17.9. The Kier molecular flexibility index (Phi) is 5.63. The van der Waals surface area contributed by atoms with Crippen molar-refractivity contribution in [2.45, 2.75) is 38.3 Å².